The van der Waals surface area contributed by atoms with Crippen molar-refractivity contribution in [2.75, 3.05) is 39.7 Å². The van der Waals surface area contributed by atoms with Crippen LogP contribution in [0.25, 0.3) is 5.70 Å². The van der Waals surface area contributed by atoms with Crippen LogP contribution in [0.15, 0.2) is 55.1 Å². The van der Waals surface area contributed by atoms with Crippen LogP contribution in [0, 0.1) is 0 Å². The third-order valence-electron chi connectivity index (χ3n) is 3.96. The van der Waals surface area contributed by atoms with Crippen molar-refractivity contribution in [3.63, 3.8) is 0 Å². The molecule has 29 heavy (non-hydrogen) atoms. The second-order valence-corrected chi connectivity index (χ2v) is 6.31. The number of benzene rings is 2. The zero-order valence-electron chi connectivity index (χ0n) is 16.8. The van der Waals surface area contributed by atoms with Crippen molar-refractivity contribution < 1.29 is 19.1 Å². The molecule has 0 bridgehead atoms. The second kappa shape index (κ2) is 10.6. The number of nitrogens with one attached hydrogen (secondary N) is 3. The number of ether oxygens (including phenoxy) is 2. The van der Waals surface area contributed by atoms with Gasteiger partial charge in [0.25, 0.3) is 11.8 Å². The zero-order chi connectivity index (χ0) is 21.2. The molecule has 0 saturated heterocycles. The first-order valence-corrected chi connectivity index (χ1v) is 8.94. The standard InChI is InChI=1S/C21H26N4O4/c1-15(16-9-11-17(12-10-16)29-14-21(27)25(2)3)23-24-20(26)13-22-18-7-5-6-8-19(18)28-4/h5-12,22-23H,1,13-14H2,2-4H3,(H,24,26). The number of rotatable bonds is 10. The first-order chi connectivity index (χ1) is 13.9. The Morgan fingerprint density at radius 2 is 1.72 bits per heavy atom. The lowest BCUT2D eigenvalue weighted by Gasteiger charge is -2.14. The Labute approximate surface area is 170 Å². The van der Waals surface area contributed by atoms with Crippen LogP contribution < -0.4 is 25.6 Å². The van der Waals surface area contributed by atoms with Crippen molar-refractivity contribution in [1.82, 2.24) is 15.8 Å². The molecule has 0 radical (unpaired) electrons. The van der Waals surface area contributed by atoms with Crippen molar-refractivity contribution >= 4 is 23.2 Å². The van der Waals surface area contributed by atoms with E-state index >= 15 is 0 Å². The van der Waals surface area contributed by atoms with Crippen molar-refractivity contribution in [1.29, 1.82) is 0 Å². The van der Waals surface area contributed by atoms with Gasteiger partial charge in [0.05, 0.1) is 25.0 Å². The van der Waals surface area contributed by atoms with Gasteiger partial charge in [0.2, 0.25) is 0 Å². The maximum absolute atomic E-state index is 12.0. The molecule has 0 saturated carbocycles. The van der Waals surface area contributed by atoms with Crippen molar-refractivity contribution in [2.24, 2.45) is 0 Å². The molecule has 0 atom stereocenters. The molecule has 8 heteroatoms. The van der Waals surface area contributed by atoms with Gasteiger partial charge in [-0.25, -0.2) is 0 Å². The van der Waals surface area contributed by atoms with Crippen LogP contribution in [0.3, 0.4) is 0 Å². The summed E-state index contributed by atoms with van der Waals surface area (Å²) in [5.41, 5.74) is 7.39. The molecule has 0 aliphatic carbocycles. The Bertz CT molecular complexity index is 850. The largest absolute Gasteiger partial charge is 0.495 e. The van der Waals surface area contributed by atoms with Crippen molar-refractivity contribution in [3.8, 4) is 11.5 Å². The molecule has 0 spiro atoms. The molecule has 0 aliphatic rings. The van der Waals surface area contributed by atoms with Gasteiger partial charge in [0.1, 0.15) is 11.5 Å². The van der Waals surface area contributed by atoms with Gasteiger partial charge in [-0.05, 0) is 42.0 Å². The van der Waals surface area contributed by atoms with Gasteiger partial charge in [-0.3, -0.25) is 20.4 Å². The summed E-state index contributed by atoms with van der Waals surface area (Å²) < 4.78 is 10.7. The number of carbonyl (C=O) groups is 2. The number of nitrogens with zero attached hydrogens (tertiary/aromatic N) is 1. The van der Waals surface area contributed by atoms with E-state index in [1.165, 1.54) is 4.90 Å². The van der Waals surface area contributed by atoms with E-state index in [1.807, 2.05) is 24.3 Å². The molecule has 2 aromatic rings. The fourth-order valence-corrected chi connectivity index (χ4v) is 2.25. The summed E-state index contributed by atoms with van der Waals surface area (Å²) in [6, 6.07) is 14.4. The third kappa shape index (κ3) is 6.76. The molecular weight excluding hydrogens is 372 g/mol. The Kier molecular flexibility index (Phi) is 7.90. The molecule has 0 aliphatic heterocycles. The van der Waals surface area contributed by atoms with Gasteiger partial charge < -0.3 is 19.7 Å². The molecule has 2 rings (SSSR count). The summed E-state index contributed by atoms with van der Waals surface area (Å²) in [6.45, 7) is 3.94. The Morgan fingerprint density at radius 3 is 2.38 bits per heavy atom. The van der Waals surface area contributed by atoms with E-state index in [1.54, 1.807) is 45.5 Å². The van der Waals surface area contributed by atoms with Gasteiger partial charge in [0, 0.05) is 14.1 Å². The summed E-state index contributed by atoms with van der Waals surface area (Å²) in [6.07, 6.45) is 0. The summed E-state index contributed by atoms with van der Waals surface area (Å²) >= 11 is 0. The van der Waals surface area contributed by atoms with Crippen LogP contribution in [0.5, 0.6) is 11.5 Å². The molecule has 0 aromatic heterocycles. The summed E-state index contributed by atoms with van der Waals surface area (Å²) in [4.78, 5) is 25.0. The number of hydrogen-bond acceptors (Lipinski definition) is 6. The summed E-state index contributed by atoms with van der Waals surface area (Å²) in [7, 11) is 4.91. The SMILES string of the molecule is C=C(NNC(=O)CNc1ccccc1OC)c1ccc(OCC(=O)N(C)C)cc1. The molecule has 8 nitrogen and oxygen atoms in total. The fourth-order valence-electron chi connectivity index (χ4n) is 2.25. The first kappa shape index (κ1) is 21.6. The molecule has 3 N–H and O–H groups in total. The highest BCUT2D eigenvalue weighted by Gasteiger charge is 2.07. The lowest BCUT2D eigenvalue weighted by molar-refractivity contribution is -0.130. The van der Waals surface area contributed by atoms with Gasteiger partial charge in [-0.1, -0.05) is 18.7 Å². The number of amides is 2. The zero-order valence-corrected chi connectivity index (χ0v) is 16.8. The highest BCUT2D eigenvalue weighted by molar-refractivity contribution is 5.82. The van der Waals surface area contributed by atoms with Crippen LogP contribution in [0.1, 0.15) is 5.56 Å². The predicted octanol–water partition coefficient (Wildman–Crippen LogP) is 1.87. The Morgan fingerprint density at radius 1 is 1.03 bits per heavy atom. The minimum absolute atomic E-state index is 0.0270. The van der Waals surface area contributed by atoms with Crippen LogP contribution in [-0.2, 0) is 9.59 Å². The third-order valence-corrected chi connectivity index (χ3v) is 3.96. The number of hydrazine groups is 1. The summed E-state index contributed by atoms with van der Waals surface area (Å²) in [5, 5.41) is 3.01. The number of hydrogen-bond donors (Lipinski definition) is 3. The maximum Gasteiger partial charge on any atom is 0.259 e. The van der Waals surface area contributed by atoms with Gasteiger partial charge >= 0.3 is 0 Å². The van der Waals surface area contributed by atoms with Crippen molar-refractivity contribution in [3.05, 3.63) is 60.7 Å². The van der Waals surface area contributed by atoms with Crippen LogP contribution >= 0.6 is 0 Å². The molecule has 2 amide bonds. The average Bonchev–Trinajstić information content (AvgIpc) is 2.74. The quantitative estimate of drug-likeness (QED) is 0.529. The minimum Gasteiger partial charge on any atom is -0.495 e. The monoisotopic (exact) mass is 398 g/mol. The number of methoxy groups -OCH3 is 1. The lowest BCUT2D eigenvalue weighted by Crippen LogP contribution is -2.39. The van der Waals surface area contributed by atoms with Gasteiger partial charge in [-0.2, -0.15) is 0 Å². The van der Waals surface area contributed by atoms with E-state index in [0.717, 1.165) is 11.3 Å². The number of anilines is 1. The Balaban J connectivity index is 1.78. The normalized spacial score (nSPS) is 9.90. The minimum atomic E-state index is -0.265. The average molecular weight is 398 g/mol. The van der Waals surface area contributed by atoms with E-state index in [-0.39, 0.29) is 25.0 Å². The first-order valence-electron chi connectivity index (χ1n) is 8.94. The highest BCUT2D eigenvalue weighted by atomic mass is 16.5. The topological polar surface area (TPSA) is 91.9 Å². The molecule has 2 aromatic carbocycles. The molecule has 154 valence electrons. The molecule has 0 heterocycles. The van der Waals surface area contributed by atoms with Crippen LogP contribution in [-0.4, -0.2) is 51.1 Å². The van der Waals surface area contributed by atoms with Crippen LogP contribution in [0.4, 0.5) is 5.69 Å². The summed E-state index contributed by atoms with van der Waals surface area (Å²) in [5.74, 6) is 0.845. The van der Waals surface area contributed by atoms with Crippen LogP contribution in [0.2, 0.25) is 0 Å². The molecule has 0 unspecified atom stereocenters. The van der Waals surface area contributed by atoms with Crippen molar-refractivity contribution in [2.45, 2.75) is 0 Å². The van der Waals surface area contributed by atoms with Gasteiger partial charge in [0.15, 0.2) is 6.61 Å². The molecule has 0 fully saturated rings. The highest BCUT2D eigenvalue weighted by Crippen LogP contribution is 2.22. The smallest absolute Gasteiger partial charge is 0.259 e. The predicted molar refractivity (Wildman–Crippen MR) is 112 cm³/mol. The van der Waals surface area contributed by atoms with E-state index in [0.29, 0.717) is 17.2 Å². The second-order valence-electron chi connectivity index (χ2n) is 6.31. The number of likely N-dealkylation sites (N-methyl/N-ethyl adjacent to an activating group) is 1. The van der Waals surface area contributed by atoms with E-state index < -0.39 is 0 Å². The van der Waals surface area contributed by atoms with E-state index in [4.69, 9.17) is 9.47 Å². The number of para-hydroxylation sites is 2. The lowest BCUT2D eigenvalue weighted by atomic mass is 10.2. The Hall–Kier alpha value is -3.68. The van der Waals surface area contributed by atoms with E-state index in [2.05, 4.69) is 22.7 Å². The van der Waals surface area contributed by atoms with Gasteiger partial charge in [-0.15, -0.1) is 0 Å². The molecular formula is C21H26N4O4. The van der Waals surface area contributed by atoms with E-state index in [9.17, 15) is 9.59 Å². The maximum atomic E-state index is 12.0. The fraction of sp³-hybridized carbons (Fsp3) is 0.238. The number of carbonyl (C=O) groups excluding carboxylic acids is 2.